The van der Waals surface area contributed by atoms with Crippen LogP contribution in [0.1, 0.15) is 50.3 Å². The second-order valence-electron chi connectivity index (χ2n) is 8.46. The molecule has 1 aromatic carbocycles. The van der Waals surface area contributed by atoms with Gasteiger partial charge in [0.25, 0.3) is 5.56 Å². The number of benzene rings is 1. The summed E-state index contributed by atoms with van der Waals surface area (Å²) in [6.45, 7) is 2.22. The van der Waals surface area contributed by atoms with Crippen molar-refractivity contribution in [3.63, 3.8) is 0 Å². The highest BCUT2D eigenvalue weighted by Gasteiger charge is 2.34. The molecule has 2 aromatic heterocycles. The lowest BCUT2D eigenvalue weighted by molar-refractivity contribution is -0.141. The van der Waals surface area contributed by atoms with Gasteiger partial charge in [0.1, 0.15) is 5.69 Å². The number of halogens is 3. The van der Waals surface area contributed by atoms with E-state index in [0.29, 0.717) is 17.9 Å². The van der Waals surface area contributed by atoms with Crippen molar-refractivity contribution in [3.05, 3.63) is 64.2 Å². The van der Waals surface area contributed by atoms with Gasteiger partial charge in [-0.1, -0.05) is 38.7 Å². The lowest BCUT2D eigenvalue weighted by Gasteiger charge is -2.13. The van der Waals surface area contributed by atoms with Crippen LogP contribution >= 0.6 is 0 Å². The molecule has 0 radical (unpaired) electrons. The molecule has 200 valence electrons. The van der Waals surface area contributed by atoms with Gasteiger partial charge in [-0.3, -0.25) is 9.00 Å². The monoisotopic (exact) mass is 537 g/mol. The van der Waals surface area contributed by atoms with Crippen LogP contribution < -0.4 is 15.0 Å². The molecule has 0 aliphatic carbocycles. The third-order valence-electron chi connectivity index (χ3n) is 5.71. The lowest BCUT2D eigenvalue weighted by atomic mass is 10.1. The Balaban J connectivity index is 1.93. The highest BCUT2D eigenvalue weighted by atomic mass is 32.2. The molecule has 0 spiro atoms. The smallest absolute Gasteiger partial charge is 0.433 e. The van der Waals surface area contributed by atoms with Gasteiger partial charge in [-0.15, -0.1) is 0 Å². The van der Waals surface area contributed by atoms with Crippen LogP contribution in [0.15, 0.2) is 52.5 Å². The fourth-order valence-corrected chi connectivity index (χ4v) is 4.78. The SMILES string of the molecule is CCCCCCCS(=O)c1nc(-c2ccc(=O)n(Cc3ccc(OC)c(OC)c3)c2)cc(C(F)(F)F)n1. The Kier molecular flexibility index (Phi) is 9.85. The first kappa shape index (κ1) is 28.4. The van der Waals surface area contributed by atoms with Crippen LogP contribution in [0.4, 0.5) is 13.2 Å². The van der Waals surface area contributed by atoms with Crippen LogP contribution in [0, 0.1) is 0 Å². The summed E-state index contributed by atoms with van der Waals surface area (Å²) in [5.41, 5.74) is -0.587. The molecule has 1 unspecified atom stereocenters. The van der Waals surface area contributed by atoms with E-state index in [4.69, 9.17) is 9.47 Å². The number of hydrogen-bond acceptors (Lipinski definition) is 6. The maximum absolute atomic E-state index is 13.6. The largest absolute Gasteiger partial charge is 0.493 e. The van der Waals surface area contributed by atoms with Crippen LogP contribution in [0.2, 0.25) is 0 Å². The second-order valence-corrected chi connectivity index (χ2v) is 9.92. The molecule has 1 atom stereocenters. The molecule has 0 saturated carbocycles. The van der Waals surface area contributed by atoms with Gasteiger partial charge in [-0.2, -0.15) is 13.2 Å². The number of rotatable bonds is 12. The first-order chi connectivity index (χ1) is 17.7. The summed E-state index contributed by atoms with van der Waals surface area (Å²) in [5, 5.41) is -0.363. The molecule has 0 N–H and O–H groups in total. The van der Waals surface area contributed by atoms with Gasteiger partial charge in [0.05, 0.1) is 37.3 Å². The molecule has 0 aliphatic heterocycles. The van der Waals surface area contributed by atoms with Crippen molar-refractivity contribution in [1.29, 1.82) is 0 Å². The quantitative estimate of drug-likeness (QED) is 0.225. The topological polar surface area (TPSA) is 83.3 Å². The van der Waals surface area contributed by atoms with Crippen molar-refractivity contribution in [2.45, 2.75) is 56.9 Å². The Morgan fingerprint density at radius 3 is 2.35 bits per heavy atom. The van der Waals surface area contributed by atoms with E-state index in [0.717, 1.165) is 37.3 Å². The zero-order chi connectivity index (χ0) is 27.0. The van der Waals surface area contributed by atoms with E-state index in [2.05, 4.69) is 16.9 Å². The number of pyridine rings is 1. The molecule has 0 fully saturated rings. The van der Waals surface area contributed by atoms with E-state index in [1.807, 2.05) is 0 Å². The Labute approximate surface area is 216 Å². The van der Waals surface area contributed by atoms with E-state index >= 15 is 0 Å². The van der Waals surface area contributed by atoms with Gasteiger partial charge in [0, 0.05) is 23.6 Å². The summed E-state index contributed by atoms with van der Waals surface area (Å²) in [6, 6.07) is 8.64. The molecule has 7 nitrogen and oxygen atoms in total. The molecule has 0 bridgehead atoms. The molecule has 0 saturated heterocycles. The average molecular weight is 538 g/mol. The summed E-state index contributed by atoms with van der Waals surface area (Å²) in [6.07, 6.45) is 1.21. The van der Waals surface area contributed by atoms with E-state index in [-0.39, 0.29) is 34.3 Å². The number of nitrogens with zero attached hydrogens (tertiary/aromatic N) is 3. The molecular formula is C26H30F3N3O4S. The van der Waals surface area contributed by atoms with Gasteiger partial charge in [-0.05, 0) is 36.2 Å². The van der Waals surface area contributed by atoms with Crippen LogP contribution in [-0.4, -0.2) is 38.7 Å². The Bertz CT molecular complexity index is 1290. The normalized spacial score (nSPS) is 12.4. The number of aromatic nitrogens is 3. The summed E-state index contributed by atoms with van der Waals surface area (Å²) in [4.78, 5) is 20.3. The van der Waals surface area contributed by atoms with Gasteiger partial charge in [0.15, 0.2) is 11.5 Å². The fourth-order valence-electron chi connectivity index (χ4n) is 3.73. The van der Waals surface area contributed by atoms with Gasteiger partial charge < -0.3 is 14.0 Å². The molecule has 0 aliphatic rings. The minimum Gasteiger partial charge on any atom is -0.493 e. The Morgan fingerprint density at radius 2 is 1.68 bits per heavy atom. The summed E-state index contributed by atoms with van der Waals surface area (Å²) in [5.74, 6) is 1.19. The van der Waals surface area contributed by atoms with Crippen molar-refractivity contribution in [3.8, 4) is 22.8 Å². The number of ether oxygens (including phenoxy) is 2. The maximum atomic E-state index is 13.6. The number of alkyl halides is 3. The summed E-state index contributed by atoms with van der Waals surface area (Å²) in [7, 11) is 1.22. The zero-order valence-electron chi connectivity index (χ0n) is 21.0. The van der Waals surface area contributed by atoms with Crippen molar-refractivity contribution >= 4 is 10.8 Å². The average Bonchev–Trinajstić information content (AvgIpc) is 2.88. The highest BCUT2D eigenvalue weighted by Crippen LogP contribution is 2.31. The summed E-state index contributed by atoms with van der Waals surface area (Å²) >= 11 is 0. The van der Waals surface area contributed by atoms with Crippen molar-refractivity contribution in [1.82, 2.24) is 14.5 Å². The first-order valence-corrected chi connectivity index (χ1v) is 13.2. The number of hydrogen-bond donors (Lipinski definition) is 0. The van der Waals surface area contributed by atoms with Gasteiger partial charge in [-0.25, -0.2) is 9.97 Å². The van der Waals surface area contributed by atoms with E-state index in [9.17, 15) is 22.2 Å². The Hall–Kier alpha value is -3.21. The third-order valence-corrected chi connectivity index (χ3v) is 6.96. The maximum Gasteiger partial charge on any atom is 0.433 e. The summed E-state index contributed by atoms with van der Waals surface area (Å²) < 4.78 is 65.5. The predicted octanol–water partition coefficient (Wildman–Crippen LogP) is 5.47. The molecular weight excluding hydrogens is 507 g/mol. The number of unbranched alkanes of at least 4 members (excludes halogenated alkanes) is 4. The third kappa shape index (κ3) is 7.64. The van der Waals surface area contributed by atoms with E-state index in [1.165, 1.54) is 37.1 Å². The molecule has 37 heavy (non-hydrogen) atoms. The molecule has 11 heteroatoms. The predicted molar refractivity (Wildman–Crippen MR) is 135 cm³/mol. The minimum atomic E-state index is -4.74. The van der Waals surface area contributed by atoms with E-state index in [1.54, 1.807) is 18.2 Å². The molecule has 0 amide bonds. The minimum absolute atomic E-state index is 0.0577. The van der Waals surface area contributed by atoms with Gasteiger partial charge in [0.2, 0.25) is 5.16 Å². The zero-order valence-corrected chi connectivity index (χ0v) is 21.8. The van der Waals surface area contributed by atoms with Crippen LogP contribution in [0.25, 0.3) is 11.3 Å². The van der Waals surface area contributed by atoms with Crippen LogP contribution in [0.3, 0.4) is 0 Å². The van der Waals surface area contributed by atoms with Gasteiger partial charge >= 0.3 is 6.18 Å². The number of methoxy groups -OCH3 is 2. The van der Waals surface area contributed by atoms with Crippen molar-refractivity contribution < 1.29 is 26.9 Å². The van der Waals surface area contributed by atoms with E-state index < -0.39 is 22.7 Å². The molecule has 2 heterocycles. The highest BCUT2D eigenvalue weighted by molar-refractivity contribution is 7.84. The second kappa shape index (κ2) is 12.8. The lowest BCUT2D eigenvalue weighted by Crippen LogP contribution is -2.19. The first-order valence-electron chi connectivity index (χ1n) is 11.9. The standard InChI is InChI=1S/C26H30F3N3O4S/c1-4-5-6-7-8-13-37(34)25-30-20(15-23(31-25)26(27,28)29)19-10-12-24(33)32(17-19)16-18-9-11-21(35-2)22(14-18)36-3/h9-12,14-15,17H,4-8,13,16H2,1-3H3. The Morgan fingerprint density at radius 1 is 0.946 bits per heavy atom. The molecule has 3 aromatic rings. The van der Waals surface area contributed by atoms with Crippen LogP contribution in [0.5, 0.6) is 11.5 Å². The fraction of sp³-hybridized carbons (Fsp3) is 0.423. The van der Waals surface area contributed by atoms with Crippen molar-refractivity contribution in [2.75, 3.05) is 20.0 Å². The van der Waals surface area contributed by atoms with Crippen LogP contribution in [-0.2, 0) is 23.5 Å². The van der Waals surface area contributed by atoms with Crippen molar-refractivity contribution in [2.24, 2.45) is 0 Å². The molecule has 3 rings (SSSR count).